The highest BCUT2D eigenvalue weighted by Gasteiger charge is 2.31. The number of fused-ring (bicyclic) bond motifs is 1. The molecule has 1 heterocycles. The molecular weight excluding hydrogens is 438 g/mol. The second-order valence-corrected chi connectivity index (χ2v) is 10.1. The van der Waals surface area contributed by atoms with Crippen molar-refractivity contribution >= 4 is 33.2 Å². The van der Waals surface area contributed by atoms with Gasteiger partial charge >= 0.3 is 0 Å². The number of ether oxygens (including phenoxy) is 1. The van der Waals surface area contributed by atoms with Crippen LogP contribution in [0, 0.1) is 0 Å². The molecule has 9 heteroatoms. The van der Waals surface area contributed by atoms with Gasteiger partial charge in [-0.25, -0.2) is 13.1 Å². The Morgan fingerprint density at radius 2 is 2.00 bits per heavy atom. The zero-order valence-electron chi connectivity index (χ0n) is 17.5. The molecule has 0 spiro atoms. The number of para-hydroxylation sites is 2. The fourth-order valence-corrected chi connectivity index (χ4v) is 5.54. The first-order valence-electron chi connectivity index (χ1n) is 10.4. The number of carbonyl (C=O) groups excluding carboxylic acids is 1. The predicted molar refractivity (Wildman–Crippen MR) is 121 cm³/mol. The highest BCUT2D eigenvalue weighted by molar-refractivity contribution is 7.89. The van der Waals surface area contributed by atoms with Crippen molar-refractivity contribution in [2.45, 2.75) is 36.8 Å². The van der Waals surface area contributed by atoms with Crippen LogP contribution in [0.3, 0.4) is 0 Å². The lowest BCUT2D eigenvalue weighted by Crippen LogP contribution is -2.46. The van der Waals surface area contributed by atoms with Crippen LogP contribution in [-0.2, 0) is 10.0 Å². The van der Waals surface area contributed by atoms with Gasteiger partial charge in [-0.3, -0.25) is 4.79 Å². The Hall–Kier alpha value is -2.29. The molecule has 1 aliphatic carbocycles. The smallest absolute Gasteiger partial charge is 0.253 e. The Bertz CT molecular complexity index is 1090. The molecule has 1 aliphatic heterocycles. The van der Waals surface area contributed by atoms with Crippen LogP contribution in [0.1, 0.15) is 30.1 Å². The average molecular weight is 464 g/mol. The summed E-state index contributed by atoms with van der Waals surface area (Å²) in [4.78, 5) is 16.7. The Kier molecular flexibility index (Phi) is 6.14. The first-order chi connectivity index (χ1) is 14.8. The molecule has 0 bridgehead atoms. The molecule has 166 valence electrons. The van der Waals surface area contributed by atoms with E-state index >= 15 is 0 Å². The molecule has 0 unspecified atom stereocenters. The summed E-state index contributed by atoms with van der Waals surface area (Å²) in [6.07, 6.45) is 1.44. The SMILES string of the molecule is CCN1C[C@H](CN(C)C(=O)c2ccc(Cl)c(S(=O)(=O)NC3CC3)c2)Oc2ccccc21. The van der Waals surface area contributed by atoms with Crippen LogP contribution in [0.15, 0.2) is 47.4 Å². The van der Waals surface area contributed by atoms with Crippen LogP contribution < -0.4 is 14.4 Å². The number of carbonyl (C=O) groups is 1. The molecule has 1 fully saturated rings. The largest absolute Gasteiger partial charge is 0.485 e. The molecule has 1 N–H and O–H groups in total. The summed E-state index contributed by atoms with van der Waals surface area (Å²) < 4.78 is 33.9. The Labute approximate surface area is 188 Å². The lowest BCUT2D eigenvalue weighted by Gasteiger charge is -2.37. The molecule has 0 aromatic heterocycles. The highest BCUT2D eigenvalue weighted by Crippen LogP contribution is 2.33. The summed E-state index contributed by atoms with van der Waals surface area (Å²) in [7, 11) is -2.08. The molecule has 7 nitrogen and oxygen atoms in total. The van der Waals surface area contributed by atoms with Crippen molar-refractivity contribution in [3.05, 3.63) is 53.1 Å². The first-order valence-corrected chi connectivity index (χ1v) is 12.2. The second-order valence-electron chi connectivity index (χ2n) is 7.97. The Morgan fingerprint density at radius 1 is 1.26 bits per heavy atom. The first kappa shape index (κ1) is 21.9. The summed E-state index contributed by atoms with van der Waals surface area (Å²) in [6, 6.07) is 12.2. The Balaban J connectivity index is 1.49. The number of anilines is 1. The van der Waals surface area contributed by atoms with Crippen LogP contribution >= 0.6 is 11.6 Å². The van der Waals surface area contributed by atoms with Crippen molar-refractivity contribution in [3.8, 4) is 5.75 Å². The third-order valence-electron chi connectivity index (χ3n) is 5.50. The topological polar surface area (TPSA) is 79.0 Å². The van der Waals surface area contributed by atoms with E-state index in [4.69, 9.17) is 16.3 Å². The van der Waals surface area contributed by atoms with Gasteiger partial charge in [-0.15, -0.1) is 0 Å². The van der Waals surface area contributed by atoms with E-state index < -0.39 is 10.0 Å². The van der Waals surface area contributed by atoms with Crippen molar-refractivity contribution < 1.29 is 17.9 Å². The van der Waals surface area contributed by atoms with Crippen molar-refractivity contribution in [2.24, 2.45) is 0 Å². The van der Waals surface area contributed by atoms with E-state index in [1.807, 2.05) is 24.3 Å². The van der Waals surface area contributed by atoms with Gasteiger partial charge in [0, 0.05) is 25.2 Å². The maximum atomic E-state index is 13.0. The summed E-state index contributed by atoms with van der Waals surface area (Å²) in [6.45, 7) is 3.95. The van der Waals surface area contributed by atoms with Gasteiger partial charge in [0.1, 0.15) is 16.7 Å². The van der Waals surface area contributed by atoms with E-state index in [1.54, 1.807) is 18.0 Å². The molecule has 1 amide bonds. The quantitative estimate of drug-likeness (QED) is 0.682. The van der Waals surface area contributed by atoms with E-state index in [0.29, 0.717) is 13.1 Å². The van der Waals surface area contributed by atoms with E-state index in [2.05, 4.69) is 16.5 Å². The number of nitrogens with one attached hydrogen (secondary N) is 1. The summed E-state index contributed by atoms with van der Waals surface area (Å²) in [5.41, 5.74) is 1.32. The van der Waals surface area contributed by atoms with E-state index in [1.165, 1.54) is 12.1 Å². The van der Waals surface area contributed by atoms with Crippen LogP contribution in [-0.4, -0.2) is 58.1 Å². The van der Waals surface area contributed by atoms with Crippen LogP contribution in [0.4, 0.5) is 5.69 Å². The van der Waals surface area contributed by atoms with Crippen LogP contribution in [0.25, 0.3) is 0 Å². The minimum atomic E-state index is -3.76. The molecule has 1 atom stereocenters. The van der Waals surface area contributed by atoms with Crippen LogP contribution in [0.5, 0.6) is 5.75 Å². The lowest BCUT2D eigenvalue weighted by molar-refractivity contribution is 0.0709. The zero-order valence-corrected chi connectivity index (χ0v) is 19.1. The molecule has 1 saturated carbocycles. The number of likely N-dealkylation sites (N-methyl/N-ethyl adjacent to an activating group) is 2. The number of hydrogen-bond donors (Lipinski definition) is 1. The second kappa shape index (κ2) is 8.68. The zero-order chi connectivity index (χ0) is 22.2. The fraction of sp³-hybridized carbons (Fsp3) is 0.409. The molecule has 2 aromatic rings. The van der Waals surface area contributed by atoms with Gasteiger partial charge in [-0.2, -0.15) is 0 Å². The third-order valence-corrected chi connectivity index (χ3v) is 7.50. The molecule has 0 saturated heterocycles. The number of rotatable bonds is 7. The maximum Gasteiger partial charge on any atom is 0.253 e. The monoisotopic (exact) mass is 463 g/mol. The summed E-state index contributed by atoms with van der Waals surface area (Å²) in [5, 5.41) is 0.0955. The summed E-state index contributed by atoms with van der Waals surface area (Å²) >= 11 is 6.13. The number of hydrogen-bond acceptors (Lipinski definition) is 5. The van der Waals surface area contributed by atoms with Gasteiger partial charge in [0.25, 0.3) is 5.91 Å². The van der Waals surface area contributed by atoms with Gasteiger partial charge in [0.2, 0.25) is 10.0 Å². The van der Waals surface area contributed by atoms with E-state index in [9.17, 15) is 13.2 Å². The standard InChI is InChI=1S/C22H26ClN3O4S/c1-3-26-14-17(30-20-7-5-4-6-19(20)26)13-25(2)22(27)15-8-11-18(23)21(12-15)31(28,29)24-16-9-10-16/h4-8,11-12,16-17,24H,3,9-10,13-14H2,1-2H3/t17-/m0/s1. The number of amides is 1. The predicted octanol–water partition coefficient (Wildman–Crippen LogP) is 3.14. The highest BCUT2D eigenvalue weighted by atomic mass is 35.5. The van der Waals surface area contributed by atoms with Crippen molar-refractivity contribution in [1.82, 2.24) is 9.62 Å². The normalized spacial score (nSPS) is 18.3. The van der Waals surface area contributed by atoms with Crippen molar-refractivity contribution in [2.75, 3.05) is 31.6 Å². The fourth-order valence-electron chi connectivity index (χ4n) is 3.71. The number of sulfonamides is 1. The minimum absolute atomic E-state index is 0.0454. The van der Waals surface area contributed by atoms with Gasteiger partial charge in [0.15, 0.2) is 0 Å². The van der Waals surface area contributed by atoms with Gasteiger partial charge in [-0.05, 0) is 50.1 Å². The summed E-state index contributed by atoms with van der Waals surface area (Å²) in [5.74, 6) is 0.512. The lowest BCUT2D eigenvalue weighted by atomic mass is 10.1. The van der Waals surface area contributed by atoms with Gasteiger partial charge in [0.05, 0.1) is 23.8 Å². The van der Waals surface area contributed by atoms with E-state index in [0.717, 1.165) is 30.8 Å². The molecule has 4 rings (SSSR count). The van der Waals surface area contributed by atoms with Crippen molar-refractivity contribution in [3.63, 3.8) is 0 Å². The molecular formula is C22H26ClN3O4S. The van der Waals surface area contributed by atoms with Gasteiger partial charge < -0.3 is 14.5 Å². The molecule has 2 aromatic carbocycles. The Morgan fingerprint density at radius 3 is 2.71 bits per heavy atom. The third kappa shape index (κ3) is 4.81. The minimum Gasteiger partial charge on any atom is -0.485 e. The number of nitrogens with zero attached hydrogens (tertiary/aromatic N) is 2. The molecule has 0 radical (unpaired) electrons. The van der Waals surface area contributed by atoms with Gasteiger partial charge in [-0.1, -0.05) is 23.7 Å². The maximum absolute atomic E-state index is 13.0. The number of benzene rings is 2. The number of halogens is 1. The molecule has 2 aliphatic rings. The average Bonchev–Trinajstić information content (AvgIpc) is 3.56. The van der Waals surface area contributed by atoms with Crippen molar-refractivity contribution in [1.29, 1.82) is 0 Å². The van der Waals surface area contributed by atoms with E-state index in [-0.39, 0.29) is 33.5 Å². The molecule has 31 heavy (non-hydrogen) atoms. The van der Waals surface area contributed by atoms with Crippen LogP contribution in [0.2, 0.25) is 5.02 Å².